The third-order valence-corrected chi connectivity index (χ3v) is 5.17. The molecule has 3 nitrogen and oxygen atoms in total. The summed E-state index contributed by atoms with van der Waals surface area (Å²) in [7, 11) is -2.70. The van der Waals surface area contributed by atoms with E-state index in [2.05, 4.69) is 5.32 Å². The largest absolute Gasteiger partial charge is 0.313 e. The fraction of sp³-hybridized carbons (Fsp3) is 1.00. The van der Waals surface area contributed by atoms with Crippen LogP contribution in [0.1, 0.15) is 32.1 Å². The van der Waals surface area contributed by atoms with Crippen LogP contribution in [0.15, 0.2) is 0 Å². The lowest BCUT2D eigenvalue weighted by Crippen LogP contribution is -2.33. The summed E-state index contributed by atoms with van der Waals surface area (Å²) in [6, 6.07) is 0.237. The van der Waals surface area contributed by atoms with Crippen LogP contribution >= 0.6 is 0 Å². The van der Waals surface area contributed by atoms with Gasteiger partial charge in [0.05, 0.1) is 11.5 Å². The molecule has 14 heavy (non-hydrogen) atoms. The van der Waals surface area contributed by atoms with Crippen LogP contribution in [0.25, 0.3) is 0 Å². The Balaban J connectivity index is 1.71. The minimum atomic E-state index is -2.70. The molecular weight excluding hydrogens is 198 g/mol. The van der Waals surface area contributed by atoms with Gasteiger partial charge in [-0.1, -0.05) is 12.8 Å². The van der Waals surface area contributed by atoms with Gasteiger partial charge in [-0.25, -0.2) is 8.42 Å². The van der Waals surface area contributed by atoms with E-state index in [1.807, 2.05) is 0 Å². The summed E-state index contributed by atoms with van der Waals surface area (Å²) >= 11 is 0. The van der Waals surface area contributed by atoms with E-state index in [4.69, 9.17) is 0 Å². The summed E-state index contributed by atoms with van der Waals surface area (Å²) in [5.74, 6) is 1.55. The zero-order chi connectivity index (χ0) is 10.0. The van der Waals surface area contributed by atoms with Gasteiger partial charge in [0.25, 0.3) is 0 Å². The van der Waals surface area contributed by atoms with Crippen LogP contribution in [0.2, 0.25) is 0 Å². The summed E-state index contributed by atoms with van der Waals surface area (Å²) in [5.41, 5.74) is 0. The van der Waals surface area contributed by atoms with Crippen LogP contribution in [-0.2, 0) is 9.84 Å². The minimum absolute atomic E-state index is 0.237. The molecule has 1 N–H and O–H groups in total. The fourth-order valence-electron chi connectivity index (χ4n) is 2.50. The maximum Gasteiger partial charge on any atom is 0.151 e. The van der Waals surface area contributed by atoms with E-state index in [0.717, 1.165) is 18.9 Å². The molecule has 0 amide bonds. The van der Waals surface area contributed by atoms with E-state index in [0.29, 0.717) is 11.5 Å². The lowest BCUT2D eigenvalue weighted by atomic mass is 10.1. The van der Waals surface area contributed by atoms with Crippen LogP contribution in [0.4, 0.5) is 0 Å². The molecule has 0 aromatic carbocycles. The van der Waals surface area contributed by atoms with Gasteiger partial charge in [0, 0.05) is 6.04 Å². The Morgan fingerprint density at radius 2 is 1.86 bits per heavy atom. The van der Waals surface area contributed by atoms with Gasteiger partial charge >= 0.3 is 0 Å². The maximum atomic E-state index is 11.2. The van der Waals surface area contributed by atoms with Crippen LogP contribution in [0.3, 0.4) is 0 Å². The van der Waals surface area contributed by atoms with E-state index in [-0.39, 0.29) is 6.04 Å². The van der Waals surface area contributed by atoms with Crippen molar-refractivity contribution in [1.82, 2.24) is 5.32 Å². The Morgan fingerprint density at radius 1 is 1.14 bits per heavy atom. The van der Waals surface area contributed by atoms with Crippen molar-refractivity contribution in [3.8, 4) is 0 Å². The van der Waals surface area contributed by atoms with Gasteiger partial charge in [-0.05, 0) is 31.7 Å². The van der Waals surface area contributed by atoms with E-state index >= 15 is 0 Å². The number of hydrogen-bond acceptors (Lipinski definition) is 3. The Bertz CT molecular complexity index is 280. The van der Waals surface area contributed by atoms with Gasteiger partial charge in [-0.3, -0.25) is 0 Å². The SMILES string of the molecule is O=S1(=O)CCC(NCC2CCCC2)C1. The first-order valence-corrected chi connectivity index (χ1v) is 7.42. The maximum absolute atomic E-state index is 11.2. The molecule has 82 valence electrons. The second-order valence-electron chi connectivity index (χ2n) is 4.66. The Hall–Kier alpha value is -0.0900. The molecule has 0 aromatic rings. The average molecular weight is 217 g/mol. The minimum Gasteiger partial charge on any atom is -0.313 e. The third-order valence-electron chi connectivity index (χ3n) is 3.40. The van der Waals surface area contributed by atoms with Crippen molar-refractivity contribution in [1.29, 1.82) is 0 Å². The van der Waals surface area contributed by atoms with E-state index in [1.54, 1.807) is 0 Å². The summed E-state index contributed by atoms with van der Waals surface area (Å²) in [6.45, 7) is 1.03. The molecule has 1 aliphatic carbocycles. The van der Waals surface area contributed by atoms with Crippen molar-refractivity contribution in [2.24, 2.45) is 5.92 Å². The van der Waals surface area contributed by atoms with Gasteiger partial charge in [0.2, 0.25) is 0 Å². The first-order valence-electron chi connectivity index (χ1n) is 5.59. The molecule has 1 atom stereocenters. The molecule has 1 aliphatic heterocycles. The molecule has 0 aromatic heterocycles. The number of hydrogen-bond donors (Lipinski definition) is 1. The van der Waals surface area contributed by atoms with E-state index in [9.17, 15) is 8.42 Å². The summed E-state index contributed by atoms with van der Waals surface area (Å²) < 4.78 is 22.4. The molecule has 4 heteroatoms. The highest BCUT2D eigenvalue weighted by Crippen LogP contribution is 2.24. The predicted octanol–water partition coefficient (Wildman–Crippen LogP) is 0.953. The topological polar surface area (TPSA) is 46.2 Å². The Kier molecular flexibility index (Phi) is 3.12. The Morgan fingerprint density at radius 3 is 2.43 bits per heavy atom. The molecule has 2 aliphatic rings. The molecule has 2 fully saturated rings. The van der Waals surface area contributed by atoms with Crippen LogP contribution < -0.4 is 5.32 Å². The molecule has 1 heterocycles. The van der Waals surface area contributed by atoms with E-state index < -0.39 is 9.84 Å². The smallest absolute Gasteiger partial charge is 0.151 e. The van der Waals surface area contributed by atoms with Crippen molar-refractivity contribution in [2.45, 2.75) is 38.1 Å². The number of sulfone groups is 1. The van der Waals surface area contributed by atoms with Crippen LogP contribution in [-0.4, -0.2) is 32.5 Å². The highest BCUT2D eigenvalue weighted by atomic mass is 32.2. The molecule has 0 bridgehead atoms. The molecular formula is C10H19NO2S. The van der Waals surface area contributed by atoms with Crippen molar-refractivity contribution < 1.29 is 8.42 Å². The summed E-state index contributed by atoms with van der Waals surface area (Å²) in [6.07, 6.45) is 6.18. The zero-order valence-corrected chi connectivity index (χ0v) is 9.35. The standard InChI is InChI=1S/C10H19NO2S/c12-14(13)6-5-10(8-14)11-7-9-3-1-2-4-9/h9-11H,1-8H2. The van der Waals surface area contributed by atoms with Gasteiger partial charge in [0.1, 0.15) is 0 Å². The average Bonchev–Trinajstić information content (AvgIpc) is 2.70. The van der Waals surface area contributed by atoms with E-state index in [1.165, 1.54) is 25.7 Å². The second-order valence-corrected chi connectivity index (χ2v) is 6.89. The fourth-order valence-corrected chi connectivity index (χ4v) is 4.21. The van der Waals surface area contributed by atoms with Gasteiger partial charge in [-0.15, -0.1) is 0 Å². The summed E-state index contributed by atoms with van der Waals surface area (Å²) in [5, 5.41) is 3.40. The van der Waals surface area contributed by atoms with Gasteiger partial charge in [-0.2, -0.15) is 0 Å². The highest BCUT2D eigenvalue weighted by Gasteiger charge is 2.28. The van der Waals surface area contributed by atoms with Crippen molar-refractivity contribution in [2.75, 3.05) is 18.1 Å². The molecule has 1 unspecified atom stereocenters. The molecule has 0 spiro atoms. The molecule has 1 saturated heterocycles. The normalized spacial score (nSPS) is 32.4. The quantitative estimate of drug-likeness (QED) is 0.765. The zero-order valence-electron chi connectivity index (χ0n) is 8.54. The number of nitrogens with one attached hydrogen (secondary N) is 1. The van der Waals surface area contributed by atoms with Gasteiger partial charge in [0.15, 0.2) is 9.84 Å². The second kappa shape index (κ2) is 4.19. The van der Waals surface area contributed by atoms with Crippen molar-refractivity contribution in [3.63, 3.8) is 0 Å². The van der Waals surface area contributed by atoms with Crippen molar-refractivity contribution in [3.05, 3.63) is 0 Å². The van der Waals surface area contributed by atoms with Crippen LogP contribution in [0.5, 0.6) is 0 Å². The summed E-state index contributed by atoms with van der Waals surface area (Å²) in [4.78, 5) is 0. The molecule has 0 radical (unpaired) electrons. The number of rotatable bonds is 3. The Labute approximate surface area is 86.2 Å². The van der Waals surface area contributed by atoms with Gasteiger partial charge < -0.3 is 5.32 Å². The molecule has 1 saturated carbocycles. The third kappa shape index (κ3) is 2.70. The monoisotopic (exact) mass is 217 g/mol. The highest BCUT2D eigenvalue weighted by molar-refractivity contribution is 7.91. The van der Waals surface area contributed by atoms with Crippen LogP contribution in [0, 0.1) is 5.92 Å². The first kappa shape index (κ1) is 10.4. The predicted molar refractivity (Wildman–Crippen MR) is 57.0 cm³/mol. The molecule has 2 rings (SSSR count). The van der Waals surface area contributed by atoms with Crippen molar-refractivity contribution >= 4 is 9.84 Å². The lowest BCUT2D eigenvalue weighted by Gasteiger charge is -2.14. The lowest BCUT2D eigenvalue weighted by molar-refractivity contribution is 0.448. The first-order chi connectivity index (χ1) is 6.66.